The minimum absolute atomic E-state index is 0.353. The van der Waals surface area contributed by atoms with Gasteiger partial charge in [0.25, 0.3) is 0 Å². The van der Waals surface area contributed by atoms with E-state index in [1.165, 1.54) is 6.26 Å². The van der Waals surface area contributed by atoms with E-state index in [9.17, 15) is 8.42 Å². The van der Waals surface area contributed by atoms with Crippen LogP contribution < -0.4 is 5.32 Å². The van der Waals surface area contributed by atoms with E-state index in [1.54, 1.807) is 20.9 Å². The summed E-state index contributed by atoms with van der Waals surface area (Å²) in [6.07, 6.45) is 1.26. The van der Waals surface area contributed by atoms with E-state index in [0.29, 0.717) is 5.02 Å². The van der Waals surface area contributed by atoms with Crippen LogP contribution in [0, 0.1) is 13.8 Å². The predicted molar refractivity (Wildman–Crippen MR) is 81.6 cm³/mol. The fraction of sp³-hybridized carbons (Fsp3) is 0.571. The number of hydrogen-bond donors (Lipinski definition) is 1. The molecule has 0 aliphatic carbocycles. The van der Waals surface area contributed by atoms with E-state index in [1.807, 2.05) is 26.0 Å². The Morgan fingerprint density at radius 2 is 1.68 bits per heavy atom. The van der Waals surface area contributed by atoms with Crippen LogP contribution in [0.25, 0.3) is 0 Å². The van der Waals surface area contributed by atoms with E-state index in [4.69, 9.17) is 11.6 Å². The zero-order valence-electron chi connectivity index (χ0n) is 12.3. The monoisotopic (exact) mass is 303 g/mol. The zero-order valence-corrected chi connectivity index (χ0v) is 13.9. The minimum atomic E-state index is -3.22. The van der Waals surface area contributed by atoms with Gasteiger partial charge in [0.2, 0.25) is 0 Å². The average molecular weight is 304 g/mol. The number of hydrogen-bond acceptors (Lipinski definition) is 3. The molecule has 1 aromatic rings. The molecule has 108 valence electrons. The number of rotatable bonds is 4. The van der Waals surface area contributed by atoms with Crippen LogP contribution in [0.3, 0.4) is 0 Å². The van der Waals surface area contributed by atoms with Crippen molar-refractivity contribution in [2.75, 3.05) is 13.3 Å². The van der Waals surface area contributed by atoms with Crippen molar-refractivity contribution in [3.05, 3.63) is 33.8 Å². The second kappa shape index (κ2) is 5.43. The summed E-state index contributed by atoms with van der Waals surface area (Å²) < 4.78 is 23.1. The normalized spacial score (nSPS) is 14.5. The van der Waals surface area contributed by atoms with Crippen LogP contribution in [0.1, 0.15) is 36.6 Å². The van der Waals surface area contributed by atoms with E-state index in [2.05, 4.69) is 5.32 Å². The summed E-state index contributed by atoms with van der Waals surface area (Å²) in [5.74, 6) is 0. The quantitative estimate of drug-likeness (QED) is 0.930. The number of sulfone groups is 1. The largest absolute Gasteiger partial charge is 0.312 e. The van der Waals surface area contributed by atoms with Gasteiger partial charge in [-0.2, -0.15) is 0 Å². The Balaban J connectivity index is 3.45. The smallest absolute Gasteiger partial charge is 0.154 e. The highest BCUT2D eigenvalue weighted by Crippen LogP contribution is 2.36. The van der Waals surface area contributed by atoms with Crippen LogP contribution >= 0.6 is 11.6 Å². The van der Waals surface area contributed by atoms with Crippen LogP contribution in [0.15, 0.2) is 12.1 Å². The van der Waals surface area contributed by atoms with Gasteiger partial charge in [-0.25, -0.2) is 8.42 Å². The average Bonchev–Trinajstić information content (AvgIpc) is 2.24. The summed E-state index contributed by atoms with van der Waals surface area (Å²) in [7, 11) is -1.47. The van der Waals surface area contributed by atoms with Gasteiger partial charge in [0.1, 0.15) is 0 Å². The Morgan fingerprint density at radius 3 is 2.11 bits per heavy atom. The van der Waals surface area contributed by atoms with Gasteiger partial charge in [-0.3, -0.25) is 0 Å². The molecule has 1 aromatic carbocycles. The van der Waals surface area contributed by atoms with Crippen molar-refractivity contribution < 1.29 is 8.42 Å². The molecule has 0 aliphatic rings. The lowest BCUT2D eigenvalue weighted by Gasteiger charge is -2.33. The molecule has 0 radical (unpaired) electrons. The molecule has 1 atom stereocenters. The molecule has 5 heteroatoms. The molecule has 0 amide bonds. The summed E-state index contributed by atoms with van der Waals surface area (Å²) in [6, 6.07) is 3.50. The van der Waals surface area contributed by atoms with Crippen LogP contribution in [0.5, 0.6) is 0 Å². The van der Waals surface area contributed by atoms with Crippen LogP contribution in [0.4, 0.5) is 0 Å². The molecule has 0 fully saturated rings. The van der Waals surface area contributed by atoms with Gasteiger partial charge in [-0.15, -0.1) is 0 Å². The highest BCUT2D eigenvalue weighted by atomic mass is 35.5. The lowest BCUT2D eigenvalue weighted by atomic mass is 9.92. The van der Waals surface area contributed by atoms with Crippen molar-refractivity contribution in [2.24, 2.45) is 0 Å². The third kappa shape index (κ3) is 3.12. The Kier molecular flexibility index (Phi) is 4.71. The summed E-state index contributed by atoms with van der Waals surface area (Å²) in [4.78, 5) is 0. The van der Waals surface area contributed by atoms with E-state index in [-0.39, 0.29) is 6.04 Å². The maximum absolute atomic E-state index is 12.0. The first-order valence-electron chi connectivity index (χ1n) is 6.16. The molecule has 3 nitrogen and oxygen atoms in total. The fourth-order valence-corrected chi connectivity index (χ4v) is 3.12. The Labute approximate surface area is 121 Å². The first kappa shape index (κ1) is 16.5. The molecule has 0 heterocycles. The van der Waals surface area contributed by atoms with Gasteiger partial charge >= 0.3 is 0 Å². The third-order valence-corrected chi connectivity index (χ3v) is 6.34. The van der Waals surface area contributed by atoms with Gasteiger partial charge in [0.05, 0.1) is 10.8 Å². The van der Waals surface area contributed by atoms with Crippen LogP contribution in [-0.2, 0) is 9.84 Å². The molecule has 1 rings (SSSR count). The lowest BCUT2D eigenvalue weighted by molar-refractivity contribution is 0.446. The van der Waals surface area contributed by atoms with Gasteiger partial charge in [0, 0.05) is 11.3 Å². The van der Waals surface area contributed by atoms with E-state index >= 15 is 0 Å². The number of halogens is 1. The first-order chi connectivity index (χ1) is 8.52. The van der Waals surface area contributed by atoms with Crippen molar-refractivity contribution in [3.8, 4) is 0 Å². The van der Waals surface area contributed by atoms with Crippen molar-refractivity contribution in [1.29, 1.82) is 0 Å². The summed E-state index contributed by atoms with van der Waals surface area (Å²) in [5.41, 5.74) is 3.02. The summed E-state index contributed by atoms with van der Waals surface area (Å²) in [6.45, 7) is 7.42. The third-order valence-electron chi connectivity index (χ3n) is 3.86. The van der Waals surface area contributed by atoms with Crippen LogP contribution in [0.2, 0.25) is 5.02 Å². The van der Waals surface area contributed by atoms with Crippen molar-refractivity contribution in [2.45, 2.75) is 38.5 Å². The first-order valence-corrected chi connectivity index (χ1v) is 8.42. The molecular weight excluding hydrogens is 282 g/mol. The maximum atomic E-state index is 12.0. The van der Waals surface area contributed by atoms with Gasteiger partial charge in [-0.05, 0) is 57.5 Å². The molecule has 0 aromatic heterocycles. The molecule has 1 N–H and O–H groups in total. The van der Waals surface area contributed by atoms with Crippen molar-refractivity contribution in [1.82, 2.24) is 5.32 Å². The Hall–Kier alpha value is -0.580. The molecule has 19 heavy (non-hydrogen) atoms. The number of benzene rings is 1. The fourth-order valence-electron chi connectivity index (χ4n) is 2.12. The zero-order chi connectivity index (χ0) is 15.0. The molecule has 0 saturated heterocycles. The standard InChI is InChI=1S/C14H22ClNO2S/c1-9-7-11(12(15)8-10(9)2)13(16-5)14(3,4)19(6,17)18/h7-8,13,16H,1-6H3. The van der Waals surface area contributed by atoms with Gasteiger partial charge in [0.15, 0.2) is 9.84 Å². The van der Waals surface area contributed by atoms with Gasteiger partial charge < -0.3 is 5.32 Å². The predicted octanol–water partition coefficient (Wildman–Crippen LogP) is 3.04. The molecule has 0 aliphatic heterocycles. The number of aryl methyl sites for hydroxylation is 2. The molecule has 0 saturated carbocycles. The number of nitrogens with one attached hydrogen (secondary N) is 1. The second-order valence-electron chi connectivity index (χ2n) is 5.56. The second-order valence-corrected chi connectivity index (χ2v) is 8.56. The summed E-state index contributed by atoms with van der Waals surface area (Å²) >= 11 is 6.30. The SMILES string of the molecule is CNC(c1cc(C)c(C)cc1Cl)C(C)(C)S(C)(=O)=O. The highest BCUT2D eigenvalue weighted by Gasteiger charge is 2.40. The molecule has 1 unspecified atom stereocenters. The molecule has 0 spiro atoms. The van der Waals surface area contributed by atoms with Crippen molar-refractivity contribution in [3.63, 3.8) is 0 Å². The maximum Gasteiger partial charge on any atom is 0.154 e. The molecular formula is C14H22ClNO2S. The van der Waals surface area contributed by atoms with Gasteiger partial charge in [-0.1, -0.05) is 17.7 Å². The lowest BCUT2D eigenvalue weighted by Crippen LogP contribution is -2.44. The Bertz CT molecular complexity index is 579. The Morgan fingerprint density at radius 1 is 1.21 bits per heavy atom. The van der Waals surface area contributed by atoms with Crippen LogP contribution in [-0.4, -0.2) is 26.5 Å². The van der Waals surface area contributed by atoms with E-state index in [0.717, 1.165) is 16.7 Å². The summed E-state index contributed by atoms with van der Waals surface area (Å²) in [5, 5.41) is 3.69. The topological polar surface area (TPSA) is 46.2 Å². The molecule has 0 bridgehead atoms. The minimum Gasteiger partial charge on any atom is -0.312 e. The van der Waals surface area contributed by atoms with E-state index < -0.39 is 14.6 Å². The van der Waals surface area contributed by atoms with Crippen molar-refractivity contribution >= 4 is 21.4 Å². The highest BCUT2D eigenvalue weighted by molar-refractivity contribution is 7.92.